The van der Waals surface area contributed by atoms with E-state index in [0.717, 1.165) is 31.9 Å². The first-order chi connectivity index (χ1) is 14.6. The van der Waals surface area contributed by atoms with Gasteiger partial charge in [0.25, 0.3) is 5.91 Å². The lowest BCUT2D eigenvalue weighted by Crippen LogP contribution is -2.32. The second kappa shape index (κ2) is 9.05. The van der Waals surface area contributed by atoms with Crippen molar-refractivity contribution in [2.75, 3.05) is 23.3 Å². The summed E-state index contributed by atoms with van der Waals surface area (Å²) in [5.74, 6) is 0.163. The van der Waals surface area contributed by atoms with Gasteiger partial charge in [-0.15, -0.1) is 0 Å². The first-order valence-corrected chi connectivity index (χ1v) is 10.1. The molecule has 2 heterocycles. The van der Waals surface area contributed by atoms with Crippen LogP contribution >= 0.6 is 0 Å². The second-order valence-corrected chi connectivity index (χ2v) is 7.67. The first kappa shape index (κ1) is 20.0. The van der Waals surface area contributed by atoms with Crippen LogP contribution < -0.4 is 15.5 Å². The summed E-state index contributed by atoms with van der Waals surface area (Å²) in [6, 6.07) is 18.4. The van der Waals surface area contributed by atoms with E-state index in [9.17, 15) is 9.18 Å². The number of nitrogens with zero attached hydrogens (tertiary/aromatic N) is 2. The normalized spacial score (nSPS) is 15.9. The quantitative estimate of drug-likeness (QED) is 0.648. The van der Waals surface area contributed by atoms with E-state index in [1.54, 1.807) is 24.4 Å². The predicted octanol–water partition coefficient (Wildman–Crippen LogP) is 4.15. The maximum atomic E-state index is 13.3. The Morgan fingerprint density at radius 2 is 2.00 bits per heavy atom. The van der Waals surface area contributed by atoms with Crippen molar-refractivity contribution in [3.8, 4) is 0 Å². The Bertz CT molecular complexity index is 1000. The number of carbonyl (C=O) groups excluding carboxylic acids is 1. The van der Waals surface area contributed by atoms with Crippen molar-refractivity contribution in [2.24, 2.45) is 0 Å². The maximum absolute atomic E-state index is 13.3. The zero-order valence-corrected chi connectivity index (χ0v) is 16.9. The molecule has 0 radical (unpaired) electrons. The number of pyridine rings is 1. The SMILES string of the molecule is Cc1ccc(CNC2CCN(c3ccc(C(=O)Nc4cccc(F)c4)cn3)C2)cc1. The van der Waals surface area contributed by atoms with Gasteiger partial charge in [-0.1, -0.05) is 35.9 Å². The minimum atomic E-state index is -0.388. The van der Waals surface area contributed by atoms with Crippen molar-refractivity contribution in [3.63, 3.8) is 0 Å². The van der Waals surface area contributed by atoms with E-state index in [-0.39, 0.29) is 11.7 Å². The minimum absolute atomic E-state index is 0.307. The molecule has 6 heteroatoms. The van der Waals surface area contributed by atoms with Crippen molar-refractivity contribution in [3.05, 3.63) is 89.4 Å². The Morgan fingerprint density at radius 1 is 1.17 bits per heavy atom. The number of amides is 1. The number of benzene rings is 2. The lowest BCUT2D eigenvalue weighted by molar-refractivity contribution is 0.102. The summed E-state index contributed by atoms with van der Waals surface area (Å²) in [6.07, 6.45) is 2.62. The van der Waals surface area contributed by atoms with E-state index in [2.05, 4.69) is 51.7 Å². The van der Waals surface area contributed by atoms with Crippen LogP contribution in [0, 0.1) is 12.7 Å². The molecule has 2 aromatic carbocycles. The number of nitrogens with one attached hydrogen (secondary N) is 2. The van der Waals surface area contributed by atoms with Gasteiger partial charge in [-0.25, -0.2) is 9.37 Å². The number of hydrogen-bond acceptors (Lipinski definition) is 4. The van der Waals surface area contributed by atoms with Crippen molar-refractivity contribution < 1.29 is 9.18 Å². The topological polar surface area (TPSA) is 57.3 Å². The van der Waals surface area contributed by atoms with Crippen LogP contribution in [0.1, 0.15) is 27.9 Å². The molecule has 1 aliphatic heterocycles. The molecule has 1 atom stereocenters. The van der Waals surface area contributed by atoms with Crippen LogP contribution in [0.3, 0.4) is 0 Å². The lowest BCUT2D eigenvalue weighted by atomic mass is 10.1. The van der Waals surface area contributed by atoms with Gasteiger partial charge in [0.05, 0.1) is 5.56 Å². The summed E-state index contributed by atoms with van der Waals surface area (Å²) >= 11 is 0. The first-order valence-electron chi connectivity index (χ1n) is 10.1. The van der Waals surface area contributed by atoms with Gasteiger partial charge in [-0.3, -0.25) is 4.79 Å². The van der Waals surface area contributed by atoms with Crippen molar-refractivity contribution in [1.29, 1.82) is 0 Å². The molecule has 0 saturated carbocycles. The molecule has 1 unspecified atom stereocenters. The smallest absolute Gasteiger partial charge is 0.257 e. The monoisotopic (exact) mass is 404 g/mol. The van der Waals surface area contributed by atoms with Crippen LogP contribution in [0.15, 0.2) is 66.9 Å². The molecule has 0 spiro atoms. The summed E-state index contributed by atoms with van der Waals surface area (Å²) < 4.78 is 13.3. The molecule has 5 nitrogen and oxygen atoms in total. The van der Waals surface area contributed by atoms with E-state index in [0.29, 0.717) is 17.3 Å². The van der Waals surface area contributed by atoms with Crippen LogP contribution in [0.5, 0.6) is 0 Å². The molecule has 154 valence electrons. The third-order valence-corrected chi connectivity index (χ3v) is 5.32. The fourth-order valence-electron chi connectivity index (χ4n) is 3.58. The molecule has 0 bridgehead atoms. The zero-order chi connectivity index (χ0) is 20.9. The fourth-order valence-corrected chi connectivity index (χ4v) is 3.58. The van der Waals surface area contributed by atoms with Gasteiger partial charge in [0.1, 0.15) is 11.6 Å². The molecule has 0 aliphatic carbocycles. The van der Waals surface area contributed by atoms with Crippen molar-refractivity contribution in [1.82, 2.24) is 10.3 Å². The van der Waals surface area contributed by atoms with Gasteiger partial charge >= 0.3 is 0 Å². The molecule has 1 aliphatic rings. The molecule has 1 amide bonds. The van der Waals surface area contributed by atoms with Crippen molar-refractivity contribution in [2.45, 2.75) is 25.9 Å². The Balaban J connectivity index is 1.30. The molecule has 1 aromatic heterocycles. The molecule has 2 N–H and O–H groups in total. The minimum Gasteiger partial charge on any atom is -0.355 e. The summed E-state index contributed by atoms with van der Waals surface area (Å²) in [5.41, 5.74) is 3.41. The summed E-state index contributed by atoms with van der Waals surface area (Å²) in [7, 11) is 0. The Labute approximate surface area is 176 Å². The van der Waals surface area contributed by atoms with Gasteiger partial charge in [0, 0.05) is 37.6 Å². The van der Waals surface area contributed by atoms with Gasteiger partial charge in [0.15, 0.2) is 0 Å². The highest BCUT2D eigenvalue weighted by Gasteiger charge is 2.23. The Hall–Kier alpha value is -3.25. The lowest BCUT2D eigenvalue weighted by Gasteiger charge is -2.18. The third kappa shape index (κ3) is 5.02. The number of carbonyl (C=O) groups is 1. The van der Waals surface area contributed by atoms with Gasteiger partial charge in [-0.2, -0.15) is 0 Å². The second-order valence-electron chi connectivity index (χ2n) is 7.67. The molecule has 1 fully saturated rings. The van der Waals surface area contributed by atoms with E-state index in [4.69, 9.17) is 0 Å². The van der Waals surface area contributed by atoms with Gasteiger partial charge in [0.2, 0.25) is 0 Å². The van der Waals surface area contributed by atoms with E-state index < -0.39 is 0 Å². The van der Waals surface area contributed by atoms with E-state index >= 15 is 0 Å². The Morgan fingerprint density at radius 3 is 2.73 bits per heavy atom. The number of hydrogen-bond donors (Lipinski definition) is 2. The van der Waals surface area contributed by atoms with Gasteiger partial charge < -0.3 is 15.5 Å². The average Bonchev–Trinajstić information content (AvgIpc) is 3.22. The van der Waals surface area contributed by atoms with Crippen LogP contribution in [0.4, 0.5) is 15.9 Å². The van der Waals surface area contributed by atoms with Crippen LogP contribution in [-0.2, 0) is 6.54 Å². The highest BCUT2D eigenvalue weighted by atomic mass is 19.1. The van der Waals surface area contributed by atoms with Crippen LogP contribution in [0.25, 0.3) is 0 Å². The van der Waals surface area contributed by atoms with Crippen LogP contribution in [-0.4, -0.2) is 30.0 Å². The number of rotatable bonds is 6. The number of halogens is 1. The zero-order valence-electron chi connectivity index (χ0n) is 16.9. The molecular formula is C24H25FN4O. The maximum Gasteiger partial charge on any atom is 0.257 e. The molecule has 4 rings (SSSR count). The van der Waals surface area contributed by atoms with E-state index in [1.807, 2.05) is 6.07 Å². The summed E-state index contributed by atoms with van der Waals surface area (Å²) in [4.78, 5) is 19.0. The molecule has 30 heavy (non-hydrogen) atoms. The molecular weight excluding hydrogens is 379 g/mol. The highest BCUT2D eigenvalue weighted by molar-refractivity contribution is 6.04. The fraction of sp³-hybridized carbons (Fsp3) is 0.250. The largest absolute Gasteiger partial charge is 0.355 e. The summed E-state index contributed by atoms with van der Waals surface area (Å²) in [5, 5.41) is 6.30. The number of anilines is 2. The predicted molar refractivity (Wildman–Crippen MR) is 117 cm³/mol. The molecule has 3 aromatic rings. The third-order valence-electron chi connectivity index (χ3n) is 5.32. The number of aromatic nitrogens is 1. The van der Waals surface area contributed by atoms with Gasteiger partial charge in [-0.05, 0) is 49.2 Å². The summed E-state index contributed by atoms with van der Waals surface area (Å²) in [6.45, 7) is 4.75. The highest BCUT2D eigenvalue weighted by Crippen LogP contribution is 2.19. The number of aryl methyl sites for hydroxylation is 1. The Kier molecular flexibility index (Phi) is 6.05. The van der Waals surface area contributed by atoms with Crippen LogP contribution in [0.2, 0.25) is 0 Å². The van der Waals surface area contributed by atoms with Crippen molar-refractivity contribution >= 4 is 17.4 Å². The standard InChI is InChI=1S/C24H25FN4O/c1-17-5-7-18(8-6-17)14-26-22-11-12-29(16-22)23-10-9-19(15-27-23)24(30)28-21-4-2-3-20(25)13-21/h2-10,13,15,22,26H,11-12,14,16H2,1H3,(H,28,30). The van der Waals surface area contributed by atoms with E-state index in [1.165, 1.54) is 23.3 Å². The molecule has 1 saturated heterocycles. The average molecular weight is 404 g/mol.